The van der Waals surface area contributed by atoms with E-state index in [0.717, 1.165) is 23.3 Å². The fourth-order valence-electron chi connectivity index (χ4n) is 1.35. The number of hydrogen-bond acceptors (Lipinski definition) is 2. The Hall–Kier alpha value is -2.10. The summed E-state index contributed by atoms with van der Waals surface area (Å²) in [5.74, 6) is -1.55. The average Bonchev–Trinajstić information content (AvgIpc) is 2.27. The molecule has 0 unspecified atom stereocenters. The van der Waals surface area contributed by atoms with Crippen LogP contribution in [0.1, 0.15) is 24.1 Å². The normalized spacial score (nSPS) is 12.4. The van der Waals surface area contributed by atoms with Crippen molar-refractivity contribution in [2.45, 2.75) is 19.9 Å². The number of hydrogen-bond donors (Lipinski definition) is 2. The minimum atomic E-state index is -1.14. The maximum Gasteiger partial charge on any atom is 0.328 e. The molecule has 17 heavy (non-hydrogen) atoms. The van der Waals surface area contributed by atoms with E-state index in [9.17, 15) is 9.59 Å². The van der Waals surface area contributed by atoms with Crippen LogP contribution in [0, 0.1) is 6.92 Å². The van der Waals surface area contributed by atoms with Gasteiger partial charge in [0.05, 0.1) is 6.04 Å². The van der Waals surface area contributed by atoms with Gasteiger partial charge >= 0.3 is 5.97 Å². The molecule has 1 aromatic rings. The van der Waals surface area contributed by atoms with E-state index in [1.807, 2.05) is 38.1 Å². The maximum atomic E-state index is 11.3. The molecule has 1 atom stereocenters. The van der Waals surface area contributed by atoms with E-state index in [2.05, 4.69) is 5.32 Å². The summed E-state index contributed by atoms with van der Waals surface area (Å²) < 4.78 is 0. The van der Waals surface area contributed by atoms with Crippen LogP contribution in [0.25, 0.3) is 0 Å². The first-order chi connectivity index (χ1) is 7.99. The topological polar surface area (TPSA) is 66.4 Å². The number of benzene rings is 1. The van der Waals surface area contributed by atoms with E-state index < -0.39 is 11.9 Å². The number of rotatable bonds is 4. The summed E-state index contributed by atoms with van der Waals surface area (Å²) in [6.07, 6.45) is 1.82. The molecule has 1 aromatic carbocycles. The number of nitrogens with one attached hydrogen (secondary N) is 1. The SMILES string of the molecule is Cc1ccc([C@@H](C)NC(=O)/C=C/C(=O)O)cc1. The number of aliphatic carboxylic acids is 1. The lowest BCUT2D eigenvalue weighted by Gasteiger charge is -2.12. The first-order valence-electron chi connectivity index (χ1n) is 5.27. The van der Waals surface area contributed by atoms with E-state index in [1.54, 1.807) is 0 Å². The molecule has 0 aliphatic heterocycles. The fourth-order valence-corrected chi connectivity index (χ4v) is 1.35. The van der Waals surface area contributed by atoms with Crippen LogP contribution < -0.4 is 5.32 Å². The van der Waals surface area contributed by atoms with E-state index in [-0.39, 0.29) is 6.04 Å². The van der Waals surface area contributed by atoms with Gasteiger partial charge in [-0.2, -0.15) is 0 Å². The molecule has 4 nitrogen and oxygen atoms in total. The molecule has 0 bridgehead atoms. The van der Waals surface area contributed by atoms with Gasteiger partial charge in [0.25, 0.3) is 0 Å². The highest BCUT2D eigenvalue weighted by Crippen LogP contribution is 2.12. The van der Waals surface area contributed by atoms with Crippen molar-refractivity contribution >= 4 is 11.9 Å². The fraction of sp³-hybridized carbons (Fsp3) is 0.231. The first-order valence-corrected chi connectivity index (χ1v) is 5.27. The molecule has 4 heteroatoms. The number of carbonyl (C=O) groups is 2. The van der Waals surface area contributed by atoms with Gasteiger partial charge in [0, 0.05) is 12.2 Å². The monoisotopic (exact) mass is 233 g/mol. The lowest BCUT2D eigenvalue weighted by atomic mass is 10.1. The zero-order valence-electron chi connectivity index (χ0n) is 9.81. The zero-order chi connectivity index (χ0) is 12.8. The van der Waals surface area contributed by atoms with Gasteiger partial charge < -0.3 is 10.4 Å². The van der Waals surface area contributed by atoms with Gasteiger partial charge in [-0.1, -0.05) is 29.8 Å². The van der Waals surface area contributed by atoms with Gasteiger partial charge in [-0.15, -0.1) is 0 Å². The third-order valence-corrected chi connectivity index (χ3v) is 2.31. The Morgan fingerprint density at radius 3 is 2.35 bits per heavy atom. The van der Waals surface area contributed by atoms with Crippen molar-refractivity contribution in [3.8, 4) is 0 Å². The van der Waals surface area contributed by atoms with Crippen molar-refractivity contribution in [3.05, 3.63) is 47.5 Å². The highest BCUT2D eigenvalue weighted by Gasteiger charge is 2.07. The molecule has 0 aliphatic carbocycles. The summed E-state index contributed by atoms with van der Waals surface area (Å²) in [4.78, 5) is 21.6. The molecule has 0 aliphatic rings. The summed E-state index contributed by atoms with van der Waals surface area (Å²) in [6.45, 7) is 3.83. The lowest BCUT2D eigenvalue weighted by Crippen LogP contribution is -2.24. The minimum absolute atomic E-state index is 0.151. The standard InChI is InChI=1S/C13H15NO3/c1-9-3-5-11(6-4-9)10(2)14-12(15)7-8-13(16)17/h3-8,10H,1-2H3,(H,14,15)(H,16,17)/b8-7+/t10-/m1/s1. The van der Waals surface area contributed by atoms with Crippen LogP contribution in [0.2, 0.25) is 0 Å². The van der Waals surface area contributed by atoms with Gasteiger partial charge in [-0.05, 0) is 19.4 Å². The highest BCUT2D eigenvalue weighted by molar-refractivity contribution is 5.94. The minimum Gasteiger partial charge on any atom is -0.478 e. The molecule has 0 heterocycles. The smallest absolute Gasteiger partial charge is 0.328 e. The first kappa shape index (κ1) is 13.0. The Kier molecular flexibility index (Phi) is 4.46. The van der Waals surface area contributed by atoms with E-state index >= 15 is 0 Å². The molecule has 0 aromatic heterocycles. The lowest BCUT2D eigenvalue weighted by molar-refractivity contribution is -0.131. The number of amides is 1. The van der Waals surface area contributed by atoms with E-state index in [4.69, 9.17) is 5.11 Å². The third kappa shape index (κ3) is 4.51. The summed E-state index contributed by atoms with van der Waals surface area (Å²) in [5.41, 5.74) is 2.13. The summed E-state index contributed by atoms with van der Waals surface area (Å²) in [7, 11) is 0. The van der Waals surface area contributed by atoms with E-state index in [1.165, 1.54) is 0 Å². The molecule has 1 amide bonds. The van der Waals surface area contributed by atoms with Crippen LogP contribution >= 0.6 is 0 Å². The number of aryl methyl sites for hydroxylation is 1. The predicted octanol–water partition coefficient (Wildman–Crippen LogP) is 1.81. The molecule has 1 rings (SSSR count). The van der Waals surface area contributed by atoms with Crippen LogP contribution in [0.15, 0.2) is 36.4 Å². The van der Waals surface area contributed by atoms with Crippen molar-refractivity contribution in [1.29, 1.82) is 0 Å². The Labute approximate surface area is 100.0 Å². The molecular formula is C13H15NO3. The summed E-state index contributed by atoms with van der Waals surface area (Å²) in [5, 5.41) is 11.1. The second kappa shape index (κ2) is 5.84. The van der Waals surface area contributed by atoms with Crippen molar-refractivity contribution in [3.63, 3.8) is 0 Å². The summed E-state index contributed by atoms with van der Waals surface area (Å²) in [6, 6.07) is 7.64. The number of carboxylic acids is 1. The van der Waals surface area contributed by atoms with E-state index in [0.29, 0.717) is 0 Å². The van der Waals surface area contributed by atoms with Crippen molar-refractivity contribution in [2.75, 3.05) is 0 Å². The molecule has 0 saturated carbocycles. The number of carboxylic acid groups (broad SMARTS) is 1. The van der Waals surface area contributed by atoms with Gasteiger partial charge in [-0.3, -0.25) is 4.79 Å². The molecule has 0 spiro atoms. The van der Waals surface area contributed by atoms with Crippen LogP contribution in [-0.4, -0.2) is 17.0 Å². The maximum absolute atomic E-state index is 11.3. The van der Waals surface area contributed by atoms with Crippen molar-refractivity contribution in [1.82, 2.24) is 5.32 Å². The molecule has 90 valence electrons. The summed E-state index contributed by atoms with van der Waals surface area (Å²) >= 11 is 0. The Morgan fingerprint density at radius 2 is 1.82 bits per heavy atom. The zero-order valence-corrected chi connectivity index (χ0v) is 9.81. The molecular weight excluding hydrogens is 218 g/mol. The average molecular weight is 233 g/mol. The van der Waals surface area contributed by atoms with Crippen molar-refractivity contribution < 1.29 is 14.7 Å². The second-order valence-corrected chi connectivity index (χ2v) is 3.81. The third-order valence-electron chi connectivity index (χ3n) is 2.31. The predicted molar refractivity (Wildman–Crippen MR) is 64.5 cm³/mol. The van der Waals surface area contributed by atoms with Gasteiger partial charge in [0.1, 0.15) is 0 Å². The highest BCUT2D eigenvalue weighted by atomic mass is 16.4. The molecule has 0 fully saturated rings. The molecule has 2 N–H and O–H groups in total. The Morgan fingerprint density at radius 1 is 1.24 bits per heavy atom. The number of carbonyl (C=O) groups excluding carboxylic acids is 1. The van der Waals surface area contributed by atoms with Crippen LogP contribution in [0.4, 0.5) is 0 Å². The van der Waals surface area contributed by atoms with Crippen molar-refractivity contribution in [2.24, 2.45) is 0 Å². The van der Waals surface area contributed by atoms with Crippen LogP contribution in [0.5, 0.6) is 0 Å². The van der Waals surface area contributed by atoms with Gasteiger partial charge in [0.15, 0.2) is 0 Å². The Balaban J connectivity index is 2.60. The van der Waals surface area contributed by atoms with Gasteiger partial charge in [0.2, 0.25) is 5.91 Å². The largest absolute Gasteiger partial charge is 0.478 e. The van der Waals surface area contributed by atoms with Crippen LogP contribution in [0.3, 0.4) is 0 Å². The molecule has 0 radical (unpaired) electrons. The van der Waals surface area contributed by atoms with Crippen LogP contribution in [-0.2, 0) is 9.59 Å². The molecule has 0 saturated heterocycles. The Bertz CT molecular complexity index is 434. The van der Waals surface area contributed by atoms with Gasteiger partial charge in [-0.25, -0.2) is 4.79 Å². The quantitative estimate of drug-likeness (QED) is 0.779. The second-order valence-electron chi connectivity index (χ2n) is 3.81.